The highest BCUT2D eigenvalue weighted by Crippen LogP contribution is 2.29. The van der Waals surface area contributed by atoms with E-state index in [4.69, 9.17) is 0 Å². The number of hydrogen-bond donors (Lipinski definition) is 0. The Kier molecular flexibility index (Phi) is 3.97. The van der Waals surface area contributed by atoms with Gasteiger partial charge in [0.15, 0.2) is 5.78 Å². The van der Waals surface area contributed by atoms with E-state index >= 15 is 0 Å². The van der Waals surface area contributed by atoms with Crippen molar-refractivity contribution in [2.45, 2.75) is 26.1 Å². The van der Waals surface area contributed by atoms with Crippen LogP contribution in [0.25, 0.3) is 0 Å². The predicted octanol–water partition coefficient (Wildman–Crippen LogP) is 4.15. The maximum Gasteiger partial charge on any atom is 0.416 e. The van der Waals surface area contributed by atoms with E-state index < -0.39 is 11.7 Å². The van der Waals surface area contributed by atoms with Crippen molar-refractivity contribution in [1.82, 2.24) is 4.57 Å². The van der Waals surface area contributed by atoms with E-state index in [0.29, 0.717) is 18.5 Å². The van der Waals surface area contributed by atoms with Crippen molar-refractivity contribution in [2.75, 3.05) is 0 Å². The second kappa shape index (κ2) is 5.53. The lowest BCUT2D eigenvalue weighted by molar-refractivity contribution is -0.137. The number of carbonyl (C=O) groups is 1. The Morgan fingerprint density at radius 1 is 1.15 bits per heavy atom. The molecule has 0 unspecified atom stereocenters. The highest BCUT2D eigenvalue weighted by atomic mass is 19.4. The highest BCUT2D eigenvalue weighted by molar-refractivity contribution is 5.95. The van der Waals surface area contributed by atoms with Gasteiger partial charge in [-0.25, -0.2) is 0 Å². The zero-order chi connectivity index (χ0) is 14.8. The highest BCUT2D eigenvalue weighted by Gasteiger charge is 2.29. The zero-order valence-corrected chi connectivity index (χ0v) is 10.9. The molecule has 106 valence electrons. The van der Waals surface area contributed by atoms with Gasteiger partial charge in [0.25, 0.3) is 0 Å². The molecule has 0 saturated carbocycles. The van der Waals surface area contributed by atoms with Gasteiger partial charge in [0.1, 0.15) is 0 Å². The van der Waals surface area contributed by atoms with Crippen molar-refractivity contribution in [1.29, 1.82) is 0 Å². The minimum Gasteiger partial charge on any atom is -0.349 e. The molecule has 5 heteroatoms. The molecule has 0 aliphatic carbocycles. The fraction of sp³-hybridized carbons (Fsp3) is 0.267. The average Bonchev–Trinajstić information content (AvgIpc) is 2.86. The van der Waals surface area contributed by atoms with Crippen molar-refractivity contribution in [3.8, 4) is 0 Å². The largest absolute Gasteiger partial charge is 0.416 e. The third-order valence-electron chi connectivity index (χ3n) is 3.04. The number of carbonyl (C=O) groups excluding carboxylic acids is 1. The topological polar surface area (TPSA) is 22.0 Å². The monoisotopic (exact) mass is 281 g/mol. The molecule has 0 amide bonds. The Morgan fingerprint density at radius 3 is 2.35 bits per heavy atom. The van der Waals surface area contributed by atoms with Crippen molar-refractivity contribution < 1.29 is 18.0 Å². The van der Waals surface area contributed by atoms with Gasteiger partial charge in [0.2, 0.25) is 0 Å². The number of Topliss-reactive ketones (excluding diaryl/α,β-unsaturated/α-hetero) is 1. The van der Waals surface area contributed by atoms with Crippen LogP contribution < -0.4 is 0 Å². The quantitative estimate of drug-likeness (QED) is 0.772. The second-order valence-corrected chi connectivity index (χ2v) is 4.54. The van der Waals surface area contributed by atoms with Crippen LogP contribution in [0.4, 0.5) is 13.2 Å². The van der Waals surface area contributed by atoms with Crippen molar-refractivity contribution in [3.63, 3.8) is 0 Å². The van der Waals surface area contributed by atoms with Crippen LogP contribution in [0.3, 0.4) is 0 Å². The van der Waals surface area contributed by atoms with Gasteiger partial charge in [0, 0.05) is 30.9 Å². The van der Waals surface area contributed by atoms with Gasteiger partial charge in [-0.1, -0.05) is 19.1 Å². The summed E-state index contributed by atoms with van der Waals surface area (Å²) < 4.78 is 39.1. The fourth-order valence-electron chi connectivity index (χ4n) is 1.92. The molecule has 0 N–H and O–H groups in total. The lowest BCUT2D eigenvalue weighted by Gasteiger charge is -2.08. The van der Waals surface area contributed by atoms with Crippen LogP contribution in [0.2, 0.25) is 0 Å². The molecule has 0 spiro atoms. The SMILES string of the molecule is CCC(=O)c1ccn(Cc2ccc(C(F)(F)F)cc2)c1. The van der Waals surface area contributed by atoms with Gasteiger partial charge in [-0.15, -0.1) is 0 Å². The normalized spacial score (nSPS) is 11.6. The van der Waals surface area contributed by atoms with Crippen LogP contribution >= 0.6 is 0 Å². The molecule has 0 saturated heterocycles. The molecule has 0 radical (unpaired) electrons. The van der Waals surface area contributed by atoms with E-state index in [-0.39, 0.29) is 5.78 Å². The first-order valence-electron chi connectivity index (χ1n) is 6.25. The molecule has 1 heterocycles. The van der Waals surface area contributed by atoms with Gasteiger partial charge in [-0.05, 0) is 23.8 Å². The van der Waals surface area contributed by atoms with E-state index in [1.165, 1.54) is 12.1 Å². The van der Waals surface area contributed by atoms with Gasteiger partial charge >= 0.3 is 6.18 Å². The maximum atomic E-state index is 12.4. The molecule has 20 heavy (non-hydrogen) atoms. The van der Waals surface area contributed by atoms with Crippen molar-refractivity contribution >= 4 is 5.78 Å². The summed E-state index contributed by atoms with van der Waals surface area (Å²) in [5.74, 6) is 0.0520. The number of alkyl halides is 3. The number of halogens is 3. The van der Waals surface area contributed by atoms with Gasteiger partial charge in [0.05, 0.1) is 5.56 Å². The number of ketones is 1. The molecule has 2 rings (SSSR count). The third-order valence-corrected chi connectivity index (χ3v) is 3.04. The fourth-order valence-corrected chi connectivity index (χ4v) is 1.92. The van der Waals surface area contributed by atoms with Crippen LogP contribution in [0.5, 0.6) is 0 Å². The lowest BCUT2D eigenvalue weighted by atomic mass is 10.1. The first kappa shape index (κ1) is 14.4. The standard InChI is InChI=1S/C15H14F3NO/c1-2-14(20)12-7-8-19(10-12)9-11-3-5-13(6-4-11)15(16,17)18/h3-8,10H,2,9H2,1H3. The Labute approximate surface area is 114 Å². The molecule has 2 aromatic rings. The summed E-state index contributed by atoms with van der Waals surface area (Å²) in [6, 6.07) is 6.75. The average molecular weight is 281 g/mol. The summed E-state index contributed by atoms with van der Waals surface area (Å²) in [5, 5.41) is 0. The van der Waals surface area contributed by atoms with E-state index in [2.05, 4.69) is 0 Å². The molecule has 0 bridgehead atoms. The van der Waals surface area contributed by atoms with Crippen LogP contribution in [-0.4, -0.2) is 10.4 Å². The second-order valence-electron chi connectivity index (χ2n) is 4.54. The molecule has 0 fully saturated rings. The molecule has 1 aromatic heterocycles. The van der Waals surface area contributed by atoms with Crippen LogP contribution in [0.1, 0.15) is 34.8 Å². The van der Waals surface area contributed by atoms with Gasteiger partial charge in [-0.3, -0.25) is 4.79 Å². The van der Waals surface area contributed by atoms with E-state index in [9.17, 15) is 18.0 Å². The number of hydrogen-bond acceptors (Lipinski definition) is 1. The van der Waals surface area contributed by atoms with Crippen molar-refractivity contribution in [2.24, 2.45) is 0 Å². The molecule has 2 nitrogen and oxygen atoms in total. The first-order valence-corrected chi connectivity index (χ1v) is 6.25. The Hall–Kier alpha value is -2.04. The summed E-state index contributed by atoms with van der Waals surface area (Å²) >= 11 is 0. The van der Waals surface area contributed by atoms with Crippen LogP contribution in [-0.2, 0) is 12.7 Å². The van der Waals surface area contributed by atoms with Crippen molar-refractivity contribution in [3.05, 3.63) is 59.4 Å². The lowest BCUT2D eigenvalue weighted by Crippen LogP contribution is -2.05. The molecule has 0 aliphatic rings. The number of rotatable bonds is 4. The molecule has 0 atom stereocenters. The van der Waals surface area contributed by atoms with Gasteiger partial charge < -0.3 is 4.57 Å². The smallest absolute Gasteiger partial charge is 0.349 e. The summed E-state index contributed by atoms with van der Waals surface area (Å²) in [7, 11) is 0. The van der Waals surface area contributed by atoms with E-state index in [1.54, 1.807) is 30.0 Å². The van der Waals surface area contributed by atoms with E-state index in [0.717, 1.165) is 17.7 Å². The molecule has 0 aliphatic heterocycles. The molecular formula is C15H14F3NO. The maximum absolute atomic E-state index is 12.4. The van der Waals surface area contributed by atoms with Crippen LogP contribution in [0.15, 0.2) is 42.7 Å². The Morgan fingerprint density at radius 2 is 1.80 bits per heavy atom. The van der Waals surface area contributed by atoms with Gasteiger partial charge in [-0.2, -0.15) is 13.2 Å². The summed E-state index contributed by atoms with van der Waals surface area (Å²) in [6.07, 6.45) is -0.416. The Bertz CT molecular complexity index is 596. The Balaban J connectivity index is 2.10. The third kappa shape index (κ3) is 3.29. The minimum absolute atomic E-state index is 0.0520. The summed E-state index contributed by atoms with van der Waals surface area (Å²) in [4.78, 5) is 11.5. The minimum atomic E-state index is -4.31. The first-order chi connectivity index (χ1) is 9.40. The number of benzene rings is 1. The summed E-state index contributed by atoms with van der Waals surface area (Å²) in [5.41, 5.74) is 0.721. The zero-order valence-electron chi connectivity index (χ0n) is 10.9. The molecular weight excluding hydrogens is 267 g/mol. The summed E-state index contributed by atoms with van der Waals surface area (Å²) in [6.45, 7) is 2.23. The molecule has 1 aromatic carbocycles. The predicted molar refractivity (Wildman–Crippen MR) is 69.6 cm³/mol. The van der Waals surface area contributed by atoms with Crippen LogP contribution in [0, 0.1) is 0 Å². The van der Waals surface area contributed by atoms with E-state index in [1.807, 2.05) is 0 Å². The number of nitrogens with zero attached hydrogens (tertiary/aromatic N) is 1. The number of aromatic nitrogens is 1.